The van der Waals surface area contributed by atoms with Crippen LogP contribution in [0.5, 0.6) is 0 Å². The number of Topliss-reactive ketones (excluding diaryl/α,β-unsaturated/α-hetero) is 1. The summed E-state index contributed by atoms with van der Waals surface area (Å²) in [5, 5.41) is 2.71. The van der Waals surface area contributed by atoms with Crippen molar-refractivity contribution in [2.45, 2.75) is 59.5 Å². The van der Waals surface area contributed by atoms with E-state index in [-0.39, 0.29) is 60.2 Å². The zero-order valence-corrected chi connectivity index (χ0v) is 18.5. The average Bonchev–Trinajstić information content (AvgIpc) is 2.85. The first-order chi connectivity index (χ1) is 9.64. The first-order valence-corrected chi connectivity index (χ1v) is 7.22. The standard InChI is InChI=1S/C14H24N2O3.C2H4.U/c1-9(17)11-7-6-8-16(11)13(19)12(14(3,4)5)15-10(2)18;1-2;/h11-12H,6-8H2,1-5H3,(H,15,18);1-2H2;/t11-,12+;;/m0../s1. The second-order valence-corrected chi connectivity index (χ2v) is 6.30. The van der Waals surface area contributed by atoms with Gasteiger partial charge in [0.1, 0.15) is 6.04 Å². The van der Waals surface area contributed by atoms with Gasteiger partial charge in [-0.1, -0.05) is 20.8 Å². The normalized spacial score (nSPS) is 18.4. The number of ketones is 1. The summed E-state index contributed by atoms with van der Waals surface area (Å²) < 4.78 is 0. The van der Waals surface area contributed by atoms with Crippen molar-refractivity contribution in [3.8, 4) is 0 Å². The van der Waals surface area contributed by atoms with Crippen LogP contribution in [0, 0.1) is 36.5 Å². The number of nitrogens with one attached hydrogen (secondary N) is 1. The molecule has 2 atom stereocenters. The van der Waals surface area contributed by atoms with Crippen LogP contribution in [0.15, 0.2) is 13.2 Å². The van der Waals surface area contributed by atoms with Gasteiger partial charge in [-0.2, -0.15) is 0 Å². The summed E-state index contributed by atoms with van der Waals surface area (Å²) >= 11 is 0. The van der Waals surface area contributed by atoms with Crippen molar-refractivity contribution >= 4 is 17.6 Å². The Morgan fingerprint density at radius 1 is 1.18 bits per heavy atom. The molecule has 0 aliphatic carbocycles. The van der Waals surface area contributed by atoms with Crippen LogP contribution in [0.1, 0.15) is 47.5 Å². The molecule has 0 aromatic heterocycles. The molecule has 0 radical (unpaired) electrons. The molecule has 0 saturated carbocycles. The second kappa shape index (κ2) is 10.2. The monoisotopic (exact) mass is 534 g/mol. The van der Waals surface area contributed by atoms with Gasteiger partial charge in [-0.3, -0.25) is 14.4 Å². The minimum absolute atomic E-state index is 0. The Bertz CT molecular complexity index is 405. The quantitative estimate of drug-likeness (QED) is 0.563. The van der Waals surface area contributed by atoms with E-state index in [0.29, 0.717) is 6.54 Å². The summed E-state index contributed by atoms with van der Waals surface area (Å²) in [5.41, 5.74) is -0.382. The van der Waals surface area contributed by atoms with E-state index in [4.69, 9.17) is 0 Å². The summed E-state index contributed by atoms with van der Waals surface area (Å²) in [5.74, 6) is -0.367. The SMILES string of the molecule is C=C.CC(=O)N[C@H](C(=O)N1CCC[C@H]1C(C)=O)C(C)(C)C.[U]. The van der Waals surface area contributed by atoms with Crippen molar-refractivity contribution in [3.63, 3.8) is 0 Å². The van der Waals surface area contributed by atoms with E-state index in [1.807, 2.05) is 20.8 Å². The molecule has 6 heteroatoms. The number of likely N-dealkylation sites (tertiary alicyclic amines) is 1. The van der Waals surface area contributed by atoms with E-state index in [0.717, 1.165) is 12.8 Å². The molecule has 1 heterocycles. The molecule has 1 aliphatic rings. The van der Waals surface area contributed by atoms with E-state index < -0.39 is 6.04 Å². The van der Waals surface area contributed by atoms with Gasteiger partial charge in [0.05, 0.1) is 6.04 Å². The fourth-order valence-corrected chi connectivity index (χ4v) is 2.47. The molecule has 1 aliphatic heterocycles. The van der Waals surface area contributed by atoms with Gasteiger partial charge in [0.15, 0.2) is 5.78 Å². The summed E-state index contributed by atoms with van der Waals surface area (Å²) in [6.45, 7) is 15.2. The van der Waals surface area contributed by atoms with Crippen LogP contribution in [-0.4, -0.2) is 41.1 Å². The minimum atomic E-state index is -0.593. The molecular formula is C16H28N2O3U. The Balaban J connectivity index is 0. The number of rotatable bonds is 3. The van der Waals surface area contributed by atoms with Crippen molar-refractivity contribution in [2.24, 2.45) is 5.41 Å². The third kappa shape index (κ3) is 6.66. The number of hydrogen-bond acceptors (Lipinski definition) is 3. The molecule has 0 aromatic carbocycles. The predicted molar refractivity (Wildman–Crippen MR) is 83.7 cm³/mol. The summed E-state index contributed by atoms with van der Waals surface area (Å²) in [7, 11) is 0. The molecule has 22 heavy (non-hydrogen) atoms. The van der Waals surface area contributed by atoms with Gasteiger partial charge in [-0.05, 0) is 25.2 Å². The van der Waals surface area contributed by atoms with Gasteiger partial charge in [-0.25, -0.2) is 0 Å². The van der Waals surface area contributed by atoms with Gasteiger partial charge < -0.3 is 10.2 Å². The van der Waals surface area contributed by atoms with E-state index in [1.165, 1.54) is 13.8 Å². The molecule has 0 spiro atoms. The van der Waals surface area contributed by atoms with Crippen LogP contribution in [0.3, 0.4) is 0 Å². The maximum Gasteiger partial charge on any atom is 0.246 e. The molecule has 0 unspecified atom stereocenters. The maximum absolute atomic E-state index is 12.6. The Morgan fingerprint density at radius 3 is 2.05 bits per heavy atom. The Morgan fingerprint density at radius 2 is 1.68 bits per heavy atom. The number of amides is 2. The molecule has 2 amide bonds. The molecule has 5 nitrogen and oxygen atoms in total. The largest absolute Gasteiger partial charge is 0.344 e. The van der Waals surface area contributed by atoms with Crippen molar-refractivity contribution in [3.05, 3.63) is 13.2 Å². The molecular weight excluding hydrogens is 506 g/mol. The predicted octanol–water partition coefficient (Wildman–Crippen LogP) is 1.92. The third-order valence-corrected chi connectivity index (χ3v) is 3.47. The molecule has 1 rings (SSSR count). The number of nitrogens with zero attached hydrogens (tertiary/aromatic N) is 1. The first kappa shape index (κ1) is 23.7. The van der Waals surface area contributed by atoms with Crippen molar-refractivity contribution in [2.75, 3.05) is 6.54 Å². The van der Waals surface area contributed by atoms with Gasteiger partial charge in [-0.15, -0.1) is 13.2 Å². The Labute approximate surface area is 157 Å². The zero-order chi connectivity index (χ0) is 16.8. The van der Waals surface area contributed by atoms with Crippen LogP contribution in [0.25, 0.3) is 0 Å². The van der Waals surface area contributed by atoms with E-state index >= 15 is 0 Å². The molecule has 124 valence electrons. The Kier molecular flexibility index (Phi) is 11.0. The van der Waals surface area contributed by atoms with Crippen molar-refractivity contribution in [1.29, 1.82) is 0 Å². The second-order valence-electron chi connectivity index (χ2n) is 6.30. The van der Waals surface area contributed by atoms with E-state index in [2.05, 4.69) is 18.5 Å². The first-order valence-electron chi connectivity index (χ1n) is 7.22. The van der Waals surface area contributed by atoms with Gasteiger partial charge in [0.25, 0.3) is 0 Å². The minimum Gasteiger partial charge on any atom is -0.344 e. The average molecular weight is 534 g/mol. The maximum atomic E-state index is 12.6. The number of carbonyl (C=O) groups excluding carboxylic acids is 3. The van der Waals surface area contributed by atoms with Crippen LogP contribution in [0.2, 0.25) is 0 Å². The van der Waals surface area contributed by atoms with Crippen LogP contribution < -0.4 is 5.32 Å². The van der Waals surface area contributed by atoms with E-state index in [1.54, 1.807) is 4.90 Å². The number of hydrogen-bond donors (Lipinski definition) is 1. The van der Waals surface area contributed by atoms with Crippen LogP contribution in [0.4, 0.5) is 0 Å². The molecule has 1 N–H and O–H groups in total. The van der Waals surface area contributed by atoms with Gasteiger partial charge >= 0.3 is 0 Å². The topological polar surface area (TPSA) is 66.5 Å². The van der Waals surface area contributed by atoms with E-state index in [9.17, 15) is 14.4 Å². The van der Waals surface area contributed by atoms with Gasteiger partial charge in [0.2, 0.25) is 11.8 Å². The molecule has 1 fully saturated rings. The van der Waals surface area contributed by atoms with Crippen molar-refractivity contribution in [1.82, 2.24) is 10.2 Å². The van der Waals surface area contributed by atoms with Gasteiger partial charge in [0, 0.05) is 44.6 Å². The van der Waals surface area contributed by atoms with Crippen LogP contribution >= 0.6 is 0 Å². The molecule has 0 bridgehead atoms. The summed E-state index contributed by atoms with van der Waals surface area (Å²) in [6.07, 6.45) is 1.56. The summed E-state index contributed by atoms with van der Waals surface area (Å²) in [6, 6.07) is -0.920. The third-order valence-electron chi connectivity index (χ3n) is 3.47. The summed E-state index contributed by atoms with van der Waals surface area (Å²) in [4.78, 5) is 37.1. The number of carbonyl (C=O) groups is 3. The fraction of sp³-hybridized carbons (Fsp3) is 0.688. The van der Waals surface area contributed by atoms with Crippen molar-refractivity contribution < 1.29 is 45.5 Å². The fourth-order valence-electron chi connectivity index (χ4n) is 2.47. The molecule has 1 saturated heterocycles. The Hall–Kier alpha value is -0.598. The smallest absolute Gasteiger partial charge is 0.246 e. The zero-order valence-electron chi connectivity index (χ0n) is 14.4. The van der Waals surface area contributed by atoms with Crippen LogP contribution in [-0.2, 0) is 14.4 Å². The molecule has 0 aromatic rings.